The Kier molecular flexibility index (Phi) is 6.24. The van der Waals surface area contributed by atoms with Crippen molar-refractivity contribution >= 4 is 38.3 Å². The second-order valence-electron chi connectivity index (χ2n) is 6.26. The molecule has 2 N–H and O–H groups in total. The minimum atomic E-state index is -3.70. The lowest BCUT2D eigenvalue weighted by atomic mass is 10.1. The van der Waals surface area contributed by atoms with E-state index in [2.05, 4.69) is 28.9 Å². The third-order valence-corrected chi connectivity index (χ3v) is 5.52. The molecule has 0 aromatic heterocycles. The van der Waals surface area contributed by atoms with Crippen LogP contribution in [-0.4, -0.2) is 33.3 Å². The number of carbonyl (C=O) groups is 1. The van der Waals surface area contributed by atoms with E-state index >= 15 is 0 Å². The van der Waals surface area contributed by atoms with E-state index in [1.807, 2.05) is 0 Å². The van der Waals surface area contributed by atoms with E-state index in [-0.39, 0.29) is 23.2 Å². The van der Waals surface area contributed by atoms with Crippen LogP contribution in [-0.2, 0) is 14.8 Å². The number of rotatable bonds is 6. The standard InChI is InChI=1S/C17H22ClN3O3S/c1-11(2)8-9-19-15(22)10-20-17-12(3)16(25(23,24)21-17)13-4-6-14(18)7-5-13/h4-7,11H,8-10H2,1-3H3,(H,19,22)(H,20,21). The fourth-order valence-electron chi connectivity index (χ4n) is 2.39. The van der Waals surface area contributed by atoms with Crippen LogP contribution >= 0.6 is 11.6 Å². The number of nitrogens with one attached hydrogen (secondary N) is 2. The monoisotopic (exact) mass is 383 g/mol. The number of aliphatic imine (C=N–C) groups is 1. The van der Waals surface area contributed by atoms with Crippen LogP contribution in [0, 0.1) is 5.92 Å². The van der Waals surface area contributed by atoms with Crippen LogP contribution in [0.1, 0.15) is 32.8 Å². The van der Waals surface area contributed by atoms with Crippen LogP contribution in [0.5, 0.6) is 0 Å². The minimum Gasteiger partial charge on any atom is -0.354 e. The molecular weight excluding hydrogens is 362 g/mol. The number of benzene rings is 1. The Labute approximate surface area is 153 Å². The first-order valence-corrected chi connectivity index (χ1v) is 9.88. The van der Waals surface area contributed by atoms with E-state index in [1.165, 1.54) is 0 Å². The second kappa shape index (κ2) is 8.01. The SMILES string of the molecule is CC1=C(c2ccc(Cl)cc2)S(=O)(=O)NC1=NCC(=O)NCCC(C)C. The van der Waals surface area contributed by atoms with Gasteiger partial charge >= 0.3 is 0 Å². The maximum atomic E-state index is 12.4. The number of nitrogens with zero attached hydrogens (tertiary/aromatic N) is 1. The molecule has 1 aliphatic rings. The van der Waals surface area contributed by atoms with Crippen LogP contribution in [0.2, 0.25) is 5.02 Å². The molecule has 1 aliphatic heterocycles. The highest BCUT2D eigenvalue weighted by Crippen LogP contribution is 2.30. The predicted octanol–water partition coefficient (Wildman–Crippen LogP) is 2.56. The fourth-order valence-corrected chi connectivity index (χ4v) is 4.04. The van der Waals surface area contributed by atoms with Gasteiger partial charge in [0.1, 0.15) is 17.3 Å². The van der Waals surface area contributed by atoms with Crippen molar-refractivity contribution in [1.82, 2.24) is 10.0 Å². The molecule has 0 atom stereocenters. The third-order valence-electron chi connectivity index (χ3n) is 3.73. The van der Waals surface area contributed by atoms with Crippen LogP contribution in [0.4, 0.5) is 0 Å². The topological polar surface area (TPSA) is 87.6 Å². The Balaban J connectivity index is 2.15. The Bertz CT molecular complexity index is 812. The number of amides is 1. The zero-order valence-corrected chi connectivity index (χ0v) is 16.0. The number of amidine groups is 1. The van der Waals surface area contributed by atoms with Crippen molar-refractivity contribution in [3.8, 4) is 0 Å². The highest BCUT2D eigenvalue weighted by molar-refractivity contribution is 8.00. The molecule has 0 aliphatic carbocycles. The van der Waals surface area contributed by atoms with Crippen molar-refractivity contribution in [2.75, 3.05) is 13.1 Å². The van der Waals surface area contributed by atoms with Gasteiger partial charge in [-0.05, 0) is 37.0 Å². The van der Waals surface area contributed by atoms with Crippen molar-refractivity contribution in [3.63, 3.8) is 0 Å². The molecule has 0 saturated heterocycles. The first kappa shape index (κ1) is 19.5. The van der Waals surface area contributed by atoms with Gasteiger partial charge in [0.05, 0.1) is 0 Å². The van der Waals surface area contributed by atoms with E-state index in [0.717, 1.165) is 6.42 Å². The molecule has 6 nitrogen and oxygen atoms in total. The molecule has 8 heteroatoms. The zero-order chi connectivity index (χ0) is 18.6. The van der Waals surface area contributed by atoms with Gasteiger partial charge in [-0.2, -0.15) is 0 Å². The lowest BCUT2D eigenvalue weighted by Crippen LogP contribution is -2.29. The lowest BCUT2D eigenvalue weighted by Gasteiger charge is -2.06. The van der Waals surface area contributed by atoms with Crippen LogP contribution in [0.25, 0.3) is 4.91 Å². The van der Waals surface area contributed by atoms with E-state index < -0.39 is 10.0 Å². The van der Waals surface area contributed by atoms with Crippen molar-refractivity contribution in [2.24, 2.45) is 10.9 Å². The summed E-state index contributed by atoms with van der Waals surface area (Å²) in [5.74, 6) is 0.462. The summed E-state index contributed by atoms with van der Waals surface area (Å²) < 4.78 is 27.2. The highest BCUT2D eigenvalue weighted by Gasteiger charge is 2.32. The van der Waals surface area contributed by atoms with Crippen molar-refractivity contribution in [1.29, 1.82) is 0 Å². The molecule has 0 unspecified atom stereocenters. The van der Waals surface area contributed by atoms with Gasteiger partial charge in [-0.25, -0.2) is 8.42 Å². The Hall–Kier alpha value is -1.86. The molecule has 25 heavy (non-hydrogen) atoms. The first-order chi connectivity index (χ1) is 11.7. The average Bonchev–Trinajstić information content (AvgIpc) is 2.75. The summed E-state index contributed by atoms with van der Waals surface area (Å²) >= 11 is 5.85. The number of hydrogen-bond acceptors (Lipinski definition) is 4. The van der Waals surface area contributed by atoms with Crippen molar-refractivity contribution in [3.05, 3.63) is 40.4 Å². The molecule has 136 valence electrons. The second-order valence-corrected chi connectivity index (χ2v) is 8.32. The number of hydrogen-bond donors (Lipinski definition) is 2. The smallest absolute Gasteiger partial charge is 0.264 e. The van der Waals surface area contributed by atoms with Crippen LogP contribution in [0.15, 0.2) is 34.8 Å². The van der Waals surface area contributed by atoms with Crippen LogP contribution in [0.3, 0.4) is 0 Å². The van der Waals surface area contributed by atoms with Gasteiger partial charge in [0.25, 0.3) is 10.0 Å². The van der Waals surface area contributed by atoms with Gasteiger partial charge in [-0.3, -0.25) is 14.5 Å². The van der Waals surface area contributed by atoms with E-state index in [4.69, 9.17) is 11.6 Å². The summed E-state index contributed by atoms with van der Waals surface area (Å²) in [6.07, 6.45) is 0.884. The average molecular weight is 384 g/mol. The molecule has 1 aromatic rings. The highest BCUT2D eigenvalue weighted by atomic mass is 35.5. The van der Waals surface area contributed by atoms with Gasteiger partial charge < -0.3 is 5.32 Å². The summed E-state index contributed by atoms with van der Waals surface area (Å²) in [4.78, 5) is 16.1. The normalized spacial score (nSPS) is 17.9. The molecule has 0 spiro atoms. The van der Waals surface area contributed by atoms with Crippen LogP contribution < -0.4 is 10.0 Å². The largest absolute Gasteiger partial charge is 0.354 e. The molecule has 0 fully saturated rings. The van der Waals surface area contributed by atoms with Gasteiger partial charge in [0.2, 0.25) is 5.91 Å². The van der Waals surface area contributed by atoms with E-state index in [9.17, 15) is 13.2 Å². The molecule has 2 rings (SSSR count). The first-order valence-electron chi connectivity index (χ1n) is 8.02. The fraction of sp³-hybridized carbons (Fsp3) is 0.412. The number of carbonyl (C=O) groups excluding carboxylic acids is 1. The maximum absolute atomic E-state index is 12.4. The van der Waals surface area contributed by atoms with E-state index in [1.54, 1.807) is 31.2 Å². The molecule has 1 heterocycles. The predicted molar refractivity (Wildman–Crippen MR) is 101 cm³/mol. The van der Waals surface area contributed by atoms with Gasteiger partial charge in [-0.15, -0.1) is 0 Å². The molecular formula is C17H22ClN3O3S. The third kappa shape index (κ3) is 5.06. The summed E-state index contributed by atoms with van der Waals surface area (Å²) in [6.45, 7) is 6.27. The molecule has 0 radical (unpaired) electrons. The van der Waals surface area contributed by atoms with Crippen molar-refractivity contribution in [2.45, 2.75) is 27.2 Å². The molecule has 0 saturated carbocycles. The molecule has 1 amide bonds. The van der Waals surface area contributed by atoms with Gasteiger partial charge in [0, 0.05) is 17.1 Å². The Morgan fingerprint density at radius 2 is 1.92 bits per heavy atom. The number of sulfonamides is 1. The number of halogens is 1. The summed E-state index contributed by atoms with van der Waals surface area (Å²) in [5.41, 5.74) is 1.01. The van der Waals surface area contributed by atoms with Crippen molar-refractivity contribution < 1.29 is 13.2 Å². The Morgan fingerprint density at radius 3 is 2.52 bits per heavy atom. The summed E-state index contributed by atoms with van der Waals surface area (Å²) in [5, 5.41) is 3.29. The quantitative estimate of drug-likeness (QED) is 0.791. The minimum absolute atomic E-state index is 0.124. The van der Waals surface area contributed by atoms with E-state index in [0.29, 0.717) is 28.6 Å². The molecule has 1 aromatic carbocycles. The molecule has 0 bridgehead atoms. The Morgan fingerprint density at radius 1 is 1.28 bits per heavy atom. The van der Waals surface area contributed by atoms with Gasteiger partial charge in [0.15, 0.2) is 0 Å². The zero-order valence-electron chi connectivity index (χ0n) is 14.5. The van der Waals surface area contributed by atoms with Gasteiger partial charge in [-0.1, -0.05) is 37.6 Å². The lowest BCUT2D eigenvalue weighted by molar-refractivity contribution is -0.119. The summed E-state index contributed by atoms with van der Waals surface area (Å²) in [7, 11) is -3.70. The maximum Gasteiger partial charge on any atom is 0.264 e. The summed E-state index contributed by atoms with van der Waals surface area (Å²) in [6, 6.07) is 6.54.